The second-order valence-electron chi connectivity index (χ2n) is 6.30. The van der Waals surface area contributed by atoms with Gasteiger partial charge in [-0.2, -0.15) is 0 Å². The third kappa shape index (κ3) is 2.04. The van der Waals surface area contributed by atoms with Crippen LogP contribution in [0.2, 0.25) is 0 Å². The lowest BCUT2D eigenvalue weighted by atomic mass is 9.97. The van der Waals surface area contributed by atoms with Gasteiger partial charge in [-0.05, 0) is 22.2 Å². The molecule has 0 aliphatic heterocycles. The third-order valence-corrected chi connectivity index (χ3v) is 4.83. The van der Waals surface area contributed by atoms with Gasteiger partial charge in [0.15, 0.2) is 0 Å². The molecule has 3 heteroatoms. The van der Waals surface area contributed by atoms with Gasteiger partial charge >= 0.3 is 5.63 Å². The second-order valence-corrected chi connectivity index (χ2v) is 6.30. The Bertz CT molecular complexity index is 1360. The fraction of sp³-hybridized carbons (Fsp3) is 0. The fourth-order valence-electron chi connectivity index (χ4n) is 3.60. The Kier molecular flexibility index (Phi) is 3.09. The fourth-order valence-corrected chi connectivity index (χ4v) is 3.60. The van der Waals surface area contributed by atoms with Crippen molar-refractivity contribution in [2.45, 2.75) is 0 Å². The summed E-state index contributed by atoms with van der Waals surface area (Å²) in [6.45, 7) is 0. The van der Waals surface area contributed by atoms with E-state index in [9.17, 15) is 9.90 Å². The van der Waals surface area contributed by atoms with E-state index in [0.29, 0.717) is 16.5 Å². The molecule has 0 saturated heterocycles. The maximum absolute atomic E-state index is 12.8. The Balaban J connectivity index is 1.93. The van der Waals surface area contributed by atoms with Gasteiger partial charge in [0, 0.05) is 10.9 Å². The molecule has 1 N–H and O–H groups in total. The van der Waals surface area contributed by atoms with Gasteiger partial charge in [-0.15, -0.1) is 0 Å². The highest BCUT2D eigenvalue weighted by molar-refractivity contribution is 6.08. The van der Waals surface area contributed by atoms with E-state index in [2.05, 4.69) is 0 Å². The number of rotatable bonds is 1. The van der Waals surface area contributed by atoms with Crippen LogP contribution in [0.5, 0.6) is 5.75 Å². The molecule has 0 fully saturated rings. The number of benzene rings is 4. The predicted molar refractivity (Wildman–Crippen MR) is 105 cm³/mol. The summed E-state index contributed by atoms with van der Waals surface area (Å²) in [5.41, 5.74) is 0.742. The molecule has 124 valence electrons. The summed E-state index contributed by atoms with van der Waals surface area (Å²) < 4.78 is 5.67. The SMILES string of the molecule is O=c1oc2c(ccc3ccccc32)c(O)c1-c1cccc2ccccc12. The van der Waals surface area contributed by atoms with Crippen molar-refractivity contribution in [1.82, 2.24) is 0 Å². The lowest BCUT2D eigenvalue weighted by Gasteiger charge is -2.10. The smallest absolute Gasteiger partial charge is 0.348 e. The molecule has 5 rings (SSSR count). The lowest BCUT2D eigenvalue weighted by Crippen LogP contribution is -2.04. The molecule has 0 unspecified atom stereocenters. The van der Waals surface area contributed by atoms with Gasteiger partial charge in [-0.3, -0.25) is 0 Å². The molecule has 0 amide bonds. The largest absolute Gasteiger partial charge is 0.506 e. The van der Waals surface area contributed by atoms with E-state index in [4.69, 9.17) is 4.42 Å². The average molecular weight is 338 g/mol. The standard InChI is InChI=1S/C23H14O3/c24-21-19-13-12-15-7-2-4-10-17(15)22(19)26-23(25)20(21)18-11-5-8-14-6-1-3-9-16(14)18/h1-13,24H. The molecule has 0 aliphatic rings. The molecule has 1 aromatic heterocycles. The second kappa shape index (κ2) is 5.46. The molecule has 0 saturated carbocycles. The number of hydrogen-bond acceptors (Lipinski definition) is 3. The summed E-state index contributed by atoms with van der Waals surface area (Å²) in [5.74, 6) is -0.0432. The van der Waals surface area contributed by atoms with Crippen molar-refractivity contribution in [2.75, 3.05) is 0 Å². The van der Waals surface area contributed by atoms with E-state index in [1.807, 2.05) is 72.8 Å². The van der Waals surface area contributed by atoms with E-state index in [1.54, 1.807) is 6.07 Å². The first-order chi connectivity index (χ1) is 12.7. The molecule has 5 aromatic rings. The van der Waals surface area contributed by atoms with Crippen LogP contribution in [0.25, 0.3) is 43.6 Å². The van der Waals surface area contributed by atoms with E-state index in [-0.39, 0.29) is 11.3 Å². The topological polar surface area (TPSA) is 50.4 Å². The highest BCUT2D eigenvalue weighted by Crippen LogP contribution is 2.38. The molecular weight excluding hydrogens is 324 g/mol. The third-order valence-electron chi connectivity index (χ3n) is 4.83. The molecule has 0 aliphatic carbocycles. The zero-order chi connectivity index (χ0) is 17.7. The van der Waals surface area contributed by atoms with Crippen LogP contribution >= 0.6 is 0 Å². The Labute approximate surface area is 148 Å². The summed E-state index contributed by atoms with van der Waals surface area (Å²) in [6.07, 6.45) is 0. The zero-order valence-corrected chi connectivity index (χ0v) is 13.8. The first-order valence-electron chi connectivity index (χ1n) is 8.40. The zero-order valence-electron chi connectivity index (χ0n) is 13.8. The Morgan fingerprint density at radius 1 is 0.654 bits per heavy atom. The summed E-state index contributed by atoms with van der Waals surface area (Å²) in [7, 11) is 0. The molecule has 0 spiro atoms. The Morgan fingerprint density at radius 3 is 2.12 bits per heavy atom. The van der Waals surface area contributed by atoms with Gasteiger partial charge in [-0.1, -0.05) is 72.8 Å². The average Bonchev–Trinajstić information content (AvgIpc) is 2.68. The summed E-state index contributed by atoms with van der Waals surface area (Å²) in [5, 5.41) is 15.1. The first-order valence-corrected chi connectivity index (χ1v) is 8.40. The molecule has 3 nitrogen and oxygen atoms in total. The minimum atomic E-state index is -0.539. The van der Waals surface area contributed by atoms with Crippen molar-refractivity contribution >= 4 is 32.5 Å². The Hall–Kier alpha value is -3.59. The molecule has 0 atom stereocenters. The summed E-state index contributed by atoms with van der Waals surface area (Å²) >= 11 is 0. The maximum atomic E-state index is 12.8. The van der Waals surface area contributed by atoms with Crippen molar-refractivity contribution in [1.29, 1.82) is 0 Å². The number of hydrogen-bond donors (Lipinski definition) is 1. The van der Waals surface area contributed by atoms with Gasteiger partial charge < -0.3 is 9.52 Å². The minimum absolute atomic E-state index is 0.0432. The van der Waals surface area contributed by atoms with Crippen LogP contribution < -0.4 is 5.63 Å². The maximum Gasteiger partial charge on any atom is 0.348 e. The van der Waals surface area contributed by atoms with Crippen LogP contribution in [0.3, 0.4) is 0 Å². The van der Waals surface area contributed by atoms with Crippen LogP contribution in [0, 0.1) is 0 Å². The highest BCUT2D eigenvalue weighted by Gasteiger charge is 2.18. The van der Waals surface area contributed by atoms with E-state index in [1.165, 1.54) is 0 Å². The Morgan fingerprint density at radius 2 is 1.31 bits per heavy atom. The van der Waals surface area contributed by atoms with E-state index in [0.717, 1.165) is 21.5 Å². The van der Waals surface area contributed by atoms with Crippen LogP contribution in [0.4, 0.5) is 0 Å². The minimum Gasteiger partial charge on any atom is -0.506 e. The van der Waals surface area contributed by atoms with Gasteiger partial charge in [-0.25, -0.2) is 4.79 Å². The molecule has 1 heterocycles. The van der Waals surface area contributed by atoms with E-state index >= 15 is 0 Å². The van der Waals surface area contributed by atoms with Crippen LogP contribution in [-0.4, -0.2) is 5.11 Å². The van der Waals surface area contributed by atoms with Crippen LogP contribution in [0.1, 0.15) is 0 Å². The number of aromatic hydroxyl groups is 1. The van der Waals surface area contributed by atoms with Gasteiger partial charge in [0.05, 0.1) is 5.39 Å². The first kappa shape index (κ1) is 14.7. The molecule has 0 radical (unpaired) electrons. The van der Waals surface area contributed by atoms with Crippen LogP contribution in [-0.2, 0) is 0 Å². The molecular formula is C23H14O3. The lowest BCUT2D eigenvalue weighted by molar-refractivity contribution is 0.472. The normalized spacial score (nSPS) is 11.4. The van der Waals surface area contributed by atoms with Gasteiger partial charge in [0.2, 0.25) is 0 Å². The highest BCUT2D eigenvalue weighted by atomic mass is 16.4. The van der Waals surface area contributed by atoms with Crippen molar-refractivity contribution in [2.24, 2.45) is 0 Å². The van der Waals surface area contributed by atoms with Crippen molar-refractivity contribution in [3.05, 3.63) is 89.3 Å². The molecule has 26 heavy (non-hydrogen) atoms. The predicted octanol–water partition coefficient (Wildman–Crippen LogP) is 5.47. The molecule has 0 bridgehead atoms. The van der Waals surface area contributed by atoms with Crippen molar-refractivity contribution < 1.29 is 9.52 Å². The van der Waals surface area contributed by atoms with Crippen LogP contribution in [0.15, 0.2) is 88.1 Å². The van der Waals surface area contributed by atoms with Crippen molar-refractivity contribution in [3.8, 4) is 16.9 Å². The summed E-state index contributed by atoms with van der Waals surface area (Å²) in [4.78, 5) is 12.8. The molecule has 4 aromatic carbocycles. The van der Waals surface area contributed by atoms with Gasteiger partial charge in [0.25, 0.3) is 0 Å². The van der Waals surface area contributed by atoms with E-state index < -0.39 is 5.63 Å². The number of fused-ring (bicyclic) bond motifs is 4. The quantitative estimate of drug-likeness (QED) is 0.325. The summed E-state index contributed by atoms with van der Waals surface area (Å²) in [6, 6.07) is 24.8. The van der Waals surface area contributed by atoms with Crippen molar-refractivity contribution in [3.63, 3.8) is 0 Å². The van der Waals surface area contributed by atoms with Gasteiger partial charge in [0.1, 0.15) is 16.9 Å². The monoisotopic (exact) mass is 338 g/mol.